The molecule has 0 aliphatic heterocycles. The van der Waals surface area contributed by atoms with Gasteiger partial charge in [0.25, 0.3) is 0 Å². The minimum absolute atomic E-state index is 0.0323. The third-order valence-corrected chi connectivity index (χ3v) is 1.65. The Hall–Kier alpha value is -1.40. The molecule has 1 atom stereocenters. The Balaban J connectivity index is 2.58. The van der Waals surface area contributed by atoms with Gasteiger partial charge in [0.2, 0.25) is 6.08 Å². The monoisotopic (exact) mass is 161 g/mol. The van der Waals surface area contributed by atoms with Crippen LogP contribution >= 0.6 is 0 Å². The van der Waals surface area contributed by atoms with E-state index in [1.54, 1.807) is 6.08 Å². The molecule has 0 bridgehead atoms. The number of isocyanates is 1. The molecule has 0 fully saturated rings. The average Bonchev–Trinajstić information content (AvgIpc) is 2.06. The van der Waals surface area contributed by atoms with E-state index in [2.05, 4.69) is 4.99 Å². The van der Waals surface area contributed by atoms with E-state index >= 15 is 0 Å². The molecule has 62 valence electrons. The molecule has 0 unspecified atom stereocenters. The third-order valence-electron chi connectivity index (χ3n) is 1.65. The van der Waals surface area contributed by atoms with Gasteiger partial charge in [0, 0.05) is 0 Å². The number of hydrogen-bond acceptors (Lipinski definition) is 2. The maximum atomic E-state index is 9.91. The second kappa shape index (κ2) is 4.47. The van der Waals surface area contributed by atoms with Gasteiger partial charge in [-0.2, -0.15) is 0 Å². The lowest BCUT2D eigenvalue weighted by molar-refractivity contribution is 0.558. The van der Waals surface area contributed by atoms with E-state index in [0.717, 1.165) is 6.42 Å². The van der Waals surface area contributed by atoms with Crippen LogP contribution in [0, 0.1) is 0 Å². The highest BCUT2D eigenvalue weighted by molar-refractivity contribution is 5.33. The van der Waals surface area contributed by atoms with Crippen molar-refractivity contribution in [3.8, 4) is 0 Å². The zero-order valence-corrected chi connectivity index (χ0v) is 7.03. The highest BCUT2D eigenvalue weighted by Gasteiger charge is 1.99. The van der Waals surface area contributed by atoms with Crippen LogP contribution in [0.4, 0.5) is 0 Å². The van der Waals surface area contributed by atoms with Crippen LogP contribution in [-0.4, -0.2) is 12.1 Å². The fourth-order valence-electron chi connectivity index (χ4n) is 1.09. The summed E-state index contributed by atoms with van der Waals surface area (Å²) in [6.45, 7) is 1.90. The van der Waals surface area contributed by atoms with Crippen LogP contribution in [0.1, 0.15) is 12.5 Å². The van der Waals surface area contributed by atoms with Crippen LogP contribution in [0.3, 0.4) is 0 Å². The van der Waals surface area contributed by atoms with Crippen LogP contribution in [0.2, 0.25) is 0 Å². The molecule has 2 nitrogen and oxygen atoms in total. The van der Waals surface area contributed by atoms with E-state index in [4.69, 9.17) is 0 Å². The van der Waals surface area contributed by atoms with Crippen molar-refractivity contribution in [2.24, 2.45) is 4.99 Å². The van der Waals surface area contributed by atoms with Crippen molar-refractivity contribution in [2.75, 3.05) is 0 Å². The van der Waals surface area contributed by atoms with Gasteiger partial charge in [-0.05, 0) is 18.9 Å². The number of hydrogen-bond donors (Lipinski definition) is 0. The number of rotatable bonds is 3. The van der Waals surface area contributed by atoms with E-state index < -0.39 is 0 Å². The molecule has 0 spiro atoms. The van der Waals surface area contributed by atoms with E-state index in [1.165, 1.54) is 5.56 Å². The third kappa shape index (κ3) is 2.69. The summed E-state index contributed by atoms with van der Waals surface area (Å²) in [4.78, 5) is 13.5. The molecule has 0 heterocycles. The summed E-state index contributed by atoms with van der Waals surface area (Å²) < 4.78 is 0. The normalized spacial score (nSPS) is 11.8. The van der Waals surface area contributed by atoms with Gasteiger partial charge in [-0.3, -0.25) is 0 Å². The smallest absolute Gasteiger partial charge is 0.211 e. The summed E-state index contributed by atoms with van der Waals surface area (Å²) in [5.74, 6) is 0. The molecule has 12 heavy (non-hydrogen) atoms. The molecule has 2 heteroatoms. The molecule has 1 aromatic carbocycles. The van der Waals surface area contributed by atoms with Gasteiger partial charge < -0.3 is 0 Å². The number of carbonyl (C=O) groups excluding carboxylic acids is 1. The predicted octanol–water partition coefficient (Wildman–Crippen LogP) is 1.95. The maximum absolute atomic E-state index is 9.91. The minimum Gasteiger partial charge on any atom is -0.211 e. The van der Waals surface area contributed by atoms with Crippen molar-refractivity contribution >= 4 is 6.08 Å². The van der Waals surface area contributed by atoms with Gasteiger partial charge in [0.15, 0.2) is 0 Å². The van der Waals surface area contributed by atoms with Gasteiger partial charge >= 0.3 is 0 Å². The van der Waals surface area contributed by atoms with Crippen molar-refractivity contribution in [3.05, 3.63) is 35.9 Å². The van der Waals surface area contributed by atoms with Crippen molar-refractivity contribution < 1.29 is 4.79 Å². The summed E-state index contributed by atoms with van der Waals surface area (Å²) in [5, 5.41) is 0. The predicted molar refractivity (Wildman–Crippen MR) is 47.7 cm³/mol. The second-order valence-corrected chi connectivity index (χ2v) is 2.76. The molecule has 0 radical (unpaired) electrons. The molecule has 1 rings (SSSR count). The minimum atomic E-state index is 0.0323. The first-order chi connectivity index (χ1) is 5.83. The molecule has 0 saturated heterocycles. The molecule has 0 aliphatic rings. The van der Waals surface area contributed by atoms with Gasteiger partial charge in [-0.1, -0.05) is 30.3 Å². The quantitative estimate of drug-likeness (QED) is 0.492. The second-order valence-electron chi connectivity index (χ2n) is 2.76. The average molecular weight is 161 g/mol. The molecule has 0 aliphatic carbocycles. The van der Waals surface area contributed by atoms with Crippen molar-refractivity contribution in [2.45, 2.75) is 19.4 Å². The summed E-state index contributed by atoms with van der Waals surface area (Å²) in [7, 11) is 0. The molecule has 0 saturated carbocycles. The van der Waals surface area contributed by atoms with Gasteiger partial charge in [-0.25, -0.2) is 9.79 Å². The topological polar surface area (TPSA) is 29.4 Å². The molecular formula is C10H11NO. The molecular weight excluding hydrogens is 150 g/mol. The fraction of sp³-hybridized carbons (Fsp3) is 0.300. The lowest BCUT2D eigenvalue weighted by atomic mass is 10.1. The van der Waals surface area contributed by atoms with Crippen molar-refractivity contribution in [1.82, 2.24) is 0 Å². The summed E-state index contributed by atoms with van der Waals surface area (Å²) >= 11 is 0. The Kier molecular flexibility index (Phi) is 3.24. The van der Waals surface area contributed by atoms with Crippen LogP contribution in [0.25, 0.3) is 0 Å². The van der Waals surface area contributed by atoms with Crippen molar-refractivity contribution in [1.29, 1.82) is 0 Å². The van der Waals surface area contributed by atoms with Gasteiger partial charge in [0.1, 0.15) is 0 Å². The largest absolute Gasteiger partial charge is 0.235 e. The highest BCUT2D eigenvalue weighted by atomic mass is 16.1. The Morgan fingerprint density at radius 3 is 2.67 bits per heavy atom. The Morgan fingerprint density at radius 2 is 2.08 bits per heavy atom. The van der Waals surface area contributed by atoms with Crippen LogP contribution < -0.4 is 0 Å². The lowest BCUT2D eigenvalue weighted by Crippen LogP contribution is -2.01. The molecule has 0 amide bonds. The maximum Gasteiger partial charge on any atom is 0.235 e. The highest BCUT2D eigenvalue weighted by Crippen LogP contribution is 2.04. The SMILES string of the molecule is C[C@@H](Cc1ccccc1)N=C=O. The summed E-state index contributed by atoms with van der Waals surface area (Å²) in [5.41, 5.74) is 1.20. The fourth-order valence-corrected chi connectivity index (χ4v) is 1.09. The Bertz CT molecular complexity index is 275. The number of benzene rings is 1. The van der Waals surface area contributed by atoms with Gasteiger partial charge in [0.05, 0.1) is 6.04 Å². The van der Waals surface area contributed by atoms with Crippen LogP contribution in [0.15, 0.2) is 35.3 Å². The van der Waals surface area contributed by atoms with E-state index in [0.29, 0.717) is 0 Å². The Labute approximate surface area is 71.9 Å². The first-order valence-electron chi connectivity index (χ1n) is 3.94. The van der Waals surface area contributed by atoms with E-state index in [1.807, 2.05) is 37.3 Å². The van der Waals surface area contributed by atoms with E-state index in [-0.39, 0.29) is 6.04 Å². The summed E-state index contributed by atoms with van der Waals surface area (Å²) in [6.07, 6.45) is 2.36. The molecule has 0 aromatic heterocycles. The first-order valence-corrected chi connectivity index (χ1v) is 3.94. The number of nitrogens with zero attached hydrogens (tertiary/aromatic N) is 1. The molecule has 1 aromatic rings. The zero-order chi connectivity index (χ0) is 8.81. The number of aliphatic imine (C=N–C) groups is 1. The lowest BCUT2D eigenvalue weighted by Gasteiger charge is -2.02. The zero-order valence-electron chi connectivity index (χ0n) is 7.03. The Morgan fingerprint density at radius 1 is 1.42 bits per heavy atom. The van der Waals surface area contributed by atoms with Gasteiger partial charge in [-0.15, -0.1) is 0 Å². The molecule has 0 N–H and O–H groups in total. The van der Waals surface area contributed by atoms with E-state index in [9.17, 15) is 4.79 Å². The summed E-state index contributed by atoms with van der Waals surface area (Å²) in [6, 6.07) is 10.0. The first kappa shape index (κ1) is 8.69. The van der Waals surface area contributed by atoms with Crippen LogP contribution in [-0.2, 0) is 11.2 Å². The van der Waals surface area contributed by atoms with Crippen molar-refractivity contribution in [3.63, 3.8) is 0 Å². The van der Waals surface area contributed by atoms with Crippen LogP contribution in [0.5, 0.6) is 0 Å². The standard InChI is InChI=1S/C10H11NO/c1-9(11-8-12)7-10-5-3-2-4-6-10/h2-6,9H,7H2,1H3/t9-/m0/s1.